The number of nitrogens with one attached hydrogen (secondary N) is 1. The number of ether oxygens (including phenoxy) is 1. The van der Waals surface area contributed by atoms with Gasteiger partial charge in [-0.25, -0.2) is 4.79 Å². The standard InChI is InChI=1S/C17H23NO2/c1-13(14-7-5-4-6-8-14)16(19)20-17(2,3)15-9-11-18-12-10-15/h4-8,15,18H,1,9-12H2,2-3H3. The van der Waals surface area contributed by atoms with Gasteiger partial charge in [0, 0.05) is 5.92 Å². The molecule has 0 atom stereocenters. The summed E-state index contributed by atoms with van der Waals surface area (Å²) in [5.41, 5.74) is 0.794. The van der Waals surface area contributed by atoms with Crippen LogP contribution < -0.4 is 5.32 Å². The zero-order chi connectivity index (χ0) is 14.6. The topological polar surface area (TPSA) is 38.3 Å². The number of piperidine rings is 1. The van der Waals surface area contributed by atoms with E-state index in [-0.39, 0.29) is 5.97 Å². The van der Waals surface area contributed by atoms with Gasteiger partial charge >= 0.3 is 5.97 Å². The van der Waals surface area contributed by atoms with E-state index in [1.54, 1.807) is 0 Å². The highest BCUT2D eigenvalue weighted by Crippen LogP contribution is 2.30. The smallest absolute Gasteiger partial charge is 0.338 e. The summed E-state index contributed by atoms with van der Waals surface area (Å²) in [6, 6.07) is 9.46. The van der Waals surface area contributed by atoms with Crippen molar-refractivity contribution in [2.75, 3.05) is 13.1 Å². The molecule has 108 valence electrons. The number of carbonyl (C=O) groups excluding carboxylic acids is 1. The molecule has 0 aromatic heterocycles. The molecule has 3 heteroatoms. The van der Waals surface area contributed by atoms with E-state index in [0.717, 1.165) is 31.5 Å². The van der Waals surface area contributed by atoms with E-state index in [2.05, 4.69) is 11.9 Å². The van der Waals surface area contributed by atoms with Crippen LogP contribution in [0.25, 0.3) is 5.57 Å². The summed E-state index contributed by atoms with van der Waals surface area (Å²) in [4.78, 5) is 12.3. The summed E-state index contributed by atoms with van der Waals surface area (Å²) in [6.07, 6.45) is 2.08. The summed E-state index contributed by atoms with van der Waals surface area (Å²) in [5, 5.41) is 3.33. The van der Waals surface area contributed by atoms with Crippen LogP contribution in [0, 0.1) is 5.92 Å². The summed E-state index contributed by atoms with van der Waals surface area (Å²) in [6.45, 7) is 9.85. The molecule has 1 fully saturated rings. The maximum Gasteiger partial charge on any atom is 0.338 e. The van der Waals surface area contributed by atoms with Gasteiger partial charge in [0.25, 0.3) is 0 Å². The Labute approximate surface area is 121 Å². The fourth-order valence-corrected chi connectivity index (χ4v) is 2.66. The SMILES string of the molecule is C=C(C(=O)OC(C)(C)C1CCNCC1)c1ccccc1. The lowest BCUT2D eigenvalue weighted by molar-refractivity contribution is -0.155. The Bertz CT molecular complexity index is 473. The zero-order valence-corrected chi connectivity index (χ0v) is 12.3. The van der Waals surface area contributed by atoms with E-state index in [9.17, 15) is 4.79 Å². The summed E-state index contributed by atoms with van der Waals surface area (Å²) < 4.78 is 5.73. The molecule has 3 nitrogen and oxygen atoms in total. The van der Waals surface area contributed by atoms with Crippen molar-refractivity contribution in [3.8, 4) is 0 Å². The molecule has 0 spiro atoms. The van der Waals surface area contributed by atoms with Crippen LogP contribution >= 0.6 is 0 Å². The number of carbonyl (C=O) groups is 1. The molecule has 0 bridgehead atoms. The third-order valence-electron chi connectivity index (χ3n) is 4.05. The predicted molar refractivity (Wildman–Crippen MR) is 81.2 cm³/mol. The van der Waals surface area contributed by atoms with Gasteiger partial charge in [-0.15, -0.1) is 0 Å². The van der Waals surface area contributed by atoms with Crippen molar-refractivity contribution in [1.82, 2.24) is 5.32 Å². The number of hydrogen-bond donors (Lipinski definition) is 1. The van der Waals surface area contributed by atoms with Gasteiger partial charge in [-0.3, -0.25) is 0 Å². The van der Waals surface area contributed by atoms with Crippen LogP contribution in [0.3, 0.4) is 0 Å². The van der Waals surface area contributed by atoms with Gasteiger partial charge in [0.1, 0.15) is 5.60 Å². The maximum atomic E-state index is 12.3. The molecule has 1 N–H and O–H groups in total. The molecule has 2 rings (SSSR count). The number of hydrogen-bond acceptors (Lipinski definition) is 3. The Morgan fingerprint density at radius 1 is 1.25 bits per heavy atom. The highest BCUT2D eigenvalue weighted by Gasteiger charge is 2.34. The molecule has 1 aromatic rings. The minimum Gasteiger partial charge on any atom is -0.456 e. The van der Waals surface area contributed by atoms with E-state index >= 15 is 0 Å². The Balaban J connectivity index is 2.01. The lowest BCUT2D eigenvalue weighted by Crippen LogP contribution is -2.42. The molecule has 0 unspecified atom stereocenters. The van der Waals surface area contributed by atoms with Crippen LogP contribution in [0.4, 0.5) is 0 Å². The number of rotatable bonds is 4. The second-order valence-corrected chi connectivity index (χ2v) is 5.86. The van der Waals surface area contributed by atoms with Gasteiger partial charge in [0.05, 0.1) is 5.57 Å². The molecule has 1 saturated heterocycles. The summed E-state index contributed by atoms with van der Waals surface area (Å²) in [7, 11) is 0. The molecule has 1 aliphatic heterocycles. The van der Waals surface area contributed by atoms with Gasteiger partial charge in [0.2, 0.25) is 0 Å². The van der Waals surface area contributed by atoms with E-state index in [1.807, 2.05) is 44.2 Å². The fraction of sp³-hybridized carbons (Fsp3) is 0.471. The van der Waals surface area contributed by atoms with Crippen molar-refractivity contribution in [3.05, 3.63) is 42.5 Å². The maximum absolute atomic E-state index is 12.3. The van der Waals surface area contributed by atoms with Crippen molar-refractivity contribution >= 4 is 11.5 Å². The first-order chi connectivity index (χ1) is 9.50. The van der Waals surface area contributed by atoms with Crippen molar-refractivity contribution < 1.29 is 9.53 Å². The Morgan fingerprint density at radius 2 is 1.85 bits per heavy atom. The molecular formula is C17H23NO2. The monoisotopic (exact) mass is 273 g/mol. The summed E-state index contributed by atoms with van der Waals surface area (Å²) >= 11 is 0. The third-order valence-corrected chi connectivity index (χ3v) is 4.05. The predicted octanol–water partition coefficient (Wildman–Crippen LogP) is 3.02. The highest BCUT2D eigenvalue weighted by molar-refractivity contribution is 6.15. The zero-order valence-electron chi connectivity index (χ0n) is 12.3. The third kappa shape index (κ3) is 3.48. The van der Waals surface area contributed by atoms with E-state index < -0.39 is 5.60 Å². The lowest BCUT2D eigenvalue weighted by Gasteiger charge is -2.36. The van der Waals surface area contributed by atoms with Crippen molar-refractivity contribution in [2.45, 2.75) is 32.3 Å². The Hall–Kier alpha value is -1.61. The lowest BCUT2D eigenvalue weighted by atomic mass is 9.83. The number of benzene rings is 1. The molecule has 0 saturated carbocycles. The summed E-state index contributed by atoms with van der Waals surface area (Å²) in [5.74, 6) is 0.0796. The van der Waals surface area contributed by atoms with E-state index in [1.165, 1.54) is 0 Å². The van der Waals surface area contributed by atoms with Gasteiger partial charge in [-0.2, -0.15) is 0 Å². The van der Waals surface area contributed by atoms with E-state index in [0.29, 0.717) is 11.5 Å². The van der Waals surface area contributed by atoms with Crippen LogP contribution in [0.5, 0.6) is 0 Å². The Morgan fingerprint density at radius 3 is 2.45 bits per heavy atom. The van der Waals surface area contributed by atoms with Crippen molar-refractivity contribution in [3.63, 3.8) is 0 Å². The van der Waals surface area contributed by atoms with Crippen LogP contribution in [0.2, 0.25) is 0 Å². The van der Waals surface area contributed by atoms with Crippen LogP contribution in [0.1, 0.15) is 32.3 Å². The van der Waals surface area contributed by atoms with Gasteiger partial charge < -0.3 is 10.1 Å². The van der Waals surface area contributed by atoms with E-state index in [4.69, 9.17) is 4.74 Å². The first-order valence-electron chi connectivity index (χ1n) is 7.19. The average Bonchev–Trinajstić information content (AvgIpc) is 2.48. The van der Waals surface area contributed by atoms with Crippen molar-refractivity contribution in [1.29, 1.82) is 0 Å². The Kier molecular flexibility index (Phi) is 4.61. The average molecular weight is 273 g/mol. The molecule has 0 radical (unpaired) electrons. The molecule has 1 aliphatic rings. The van der Waals surface area contributed by atoms with Crippen LogP contribution in [0.15, 0.2) is 36.9 Å². The number of esters is 1. The molecule has 0 aliphatic carbocycles. The minimum atomic E-state index is -0.448. The molecular weight excluding hydrogens is 250 g/mol. The molecule has 1 aromatic carbocycles. The largest absolute Gasteiger partial charge is 0.456 e. The second-order valence-electron chi connectivity index (χ2n) is 5.86. The fourth-order valence-electron chi connectivity index (χ4n) is 2.66. The second kappa shape index (κ2) is 6.23. The van der Waals surface area contributed by atoms with Gasteiger partial charge in [-0.1, -0.05) is 36.9 Å². The molecule has 0 amide bonds. The van der Waals surface area contributed by atoms with Crippen LogP contribution in [-0.4, -0.2) is 24.7 Å². The minimum absolute atomic E-state index is 0.320. The van der Waals surface area contributed by atoms with Gasteiger partial charge in [0.15, 0.2) is 0 Å². The van der Waals surface area contributed by atoms with Gasteiger partial charge in [-0.05, 0) is 45.3 Å². The first-order valence-corrected chi connectivity index (χ1v) is 7.19. The first kappa shape index (κ1) is 14.8. The molecule has 20 heavy (non-hydrogen) atoms. The molecule has 1 heterocycles. The highest BCUT2D eigenvalue weighted by atomic mass is 16.6. The normalized spacial score (nSPS) is 16.7. The van der Waals surface area contributed by atoms with Crippen molar-refractivity contribution in [2.24, 2.45) is 5.92 Å². The van der Waals surface area contributed by atoms with Crippen LogP contribution in [-0.2, 0) is 9.53 Å². The quantitative estimate of drug-likeness (QED) is 0.677.